The molecule has 0 saturated carbocycles. The third kappa shape index (κ3) is 5.74. The second-order valence-electron chi connectivity index (χ2n) is 18.4. The third-order valence-corrected chi connectivity index (χ3v) is 14.1. The molecule has 0 aliphatic carbocycles. The Morgan fingerprint density at radius 1 is 0.418 bits per heavy atom. The topological polar surface area (TPSA) is 55.8 Å². The summed E-state index contributed by atoms with van der Waals surface area (Å²) < 4.78 is 26.3. The lowest BCUT2D eigenvalue weighted by atomic mass is 10.00. The van der Waals surface area contributed by atoms with Crippen LogP contribution in [0.4, 0.5) is 17.1 Å². The molecule has 5 heteroatoms. The molecule has 0 aliphatic heterocycles. The Labute approximate surface area is 383 Å². The lowest BCUT2D eigenvalue weighted by Gasteiger charge is -2.26. The van der Waals surface area contributed by atoms with Crippen molar-refractivity contribution in [3.63, 3.8) is 0 Å². The molecule has 0 amide bonds. The summed E-state index contributed by atoms with van der Waals surface area (Å²) >= 11 is 0. The van der Waals surface area contributed by atoms with E-state index in [0.29, 0.717) is 5.92 Å². The Morgan fingerprint density at radius 2 is 0.866 bits per heavy atom. The average molecular weight is 864 g/mol. The van der Waals surface area contributed by atoms with Gasteiger partial charge < -0.3 is 22.6 Å². The van der Waals surface area contributed by atoms with Crippen LogP contribution in [0.5, 0.6) is 0 Å². The summed E-state index contributed by atoms with van der Waals surface area (Å²) in [7, 11) is 0. The SMILES string of the molecule is C=c1cccc/c1=C/c1oc2ccc3oc4cc5cc(N(c6ccc(C(C)C)cc6)c6ccc7cc8c(cc7c6)oc6ccc7oc9cc%10ccccc%10cc9c7c68)ccc5cc4c3c2c1C. The highest BCUT2D eigenvalue weighted by Gasteiger charge is 2.21. The van der Waals surface area contributed by atoms with E-state index in [0.717, 1.165) is 143 Å². The van der Waals surface area contributed by atoms with Gasteiger partial charge in [-0.2, -0.15) is 0 Å². The van der Waals surface area contributed by atoms with E-state index in [1.165, 1.54) is 10.9 Å². The summed E-state index contributed by atoms with van der Waals surface area (Å²) in [6.45, 7) is 10.8. The fourth-order valence-electron chi connectivity index (χ4n) is 10.6. The van der Waals surface area contributed by atoms with Crippen molar-refractivity contribution in [3.8, 4) is 0 Å². The summed E-state index contributed by atoms with van der Waals surface area (Å²) in [6, 6.07) is 60.4. The number of anilines is 3. The minimum absolute atomic E-state index is 0.420. The highest BCUT2D eigenvalue weighted by atomic mass is 16.3. The monoisotopic (exact) mass is 863 g/mol. The molecule has 10 aromatic carbocycles. The first-order valence-corrected chi connectivity index (χ1v) is 22.9. The zero-order valence-corrected chi connectivity index (χ0v) is 37.1. The molecule has 0 radical (unpaired) electrons. The second kappa shape index (κ2) is 14.0. The van der Waals surface area contributed by atoms with E-state index in [1.54, 1.807) is 0 Å². The lowest BCUT2D eigenvalue weighted by Crippen LogP contribution is -2.21. The molecular formula is C62H41NO4. The first-order valence-electron chi connectivity index (χ1n) is 22.9. The van der Waals surface area contributed by atoms with Gasteiger partial charge in [0.1, 0.15) is 44.8 Å². The van der Waals surface area contributed by atoms with E-state index in [4.69, 9.17) is 17.7 Å². The van der Waals surface area contributed by atoms with Crippen LogP contribution in [0.15, 0.2) is 188 Å². The highest BCUT2D eigenvalue weighted by Crippen LogP contribution is 2.45. The lowest BCUT2D eigenvalue weighted by molar-refractivity contribution is 0.600. The minimum Gasteiger partial charge on any atom is -0.456 e. The van der Waals surface area contributed by atoms with Crippen molar-refractivity contribution >= 4 is 139 Å². The molecule has 4 aromatic heterocycles. The van der Waals surface area contributed by atoms with Gasteiger partial charge in [0.15, 0.2) is 0 Å². The number of rotatable bonds is 5. The van der Waals surface area contributed by atoms with Crippen molar-refractivity contribution in [1.29, 1.82) is 0 Å². The molecule has 14 aromatic rings. The first-order chi connectivity index (χ1) is 32.8. The molecule has 4 heterocycles. The van der Waals surface area contributed by atoms with Gasteiger partial charge in [-0.25, -0.2) is 0 Å². The normalized spacial score (nSPS) is 12.7. The van der Waals surface area contributed by atoms with Gasteiger partial charge in [-0.1, -0.05) is 93.2 Å². The molecule has 0 N–H and O–H groups in total. The summed E-state index contributed by atoms with van der Waals surface area (Å²) in [4.78, 5) is 2.35. The summed E-state index contributed by atoms with van der Waals surface area (Å²) in [6.07, 6.45) is 2.08. The van der Waals surface area contributed by atoms with E-state index in [-0.39, 0.29) is 0 Å². The molecule has 0 fully saturated rings. The average Bonchev–Trinajstić information content (AvgIpc) is 4.09. The second-order valence-corrected chi connectivity index (χ2v) is 18.4. The molecule has 0 saturated heterocycles. The Bertz CT molecular complexity index is 4520. The van der Waals surface area contributed by atoms with Crippen LogP contribution in [-0.4, -0.2) is 0 Å². The number of nitrogens with zero attached hydrogens (tertiary/aromatic N) is 1. The molecule has 0 atom stereocenters. The summed E-state index contributed by atoms with van der Waals surface area (Å²) in [5.74, 6) is 1.25. The van der Waals surface area contributed by atoms with Crippen LogP contribution in [-0.2, 0) is 0 Å². The molecule has 0 bridgehead atoms. The third-order valence-electron chi connectivity index (χ3n) is 14.1. The number of hydrogen-bond acceptors (Lipinski definition) is 5. The van der Waals surface area contributed by atoms with E-state index >= 15 is 0 Å². The minimum atomic E-state index is 0.420. The quantitative estimate of drug-likeness (QED) is 0.173. The van der Waals surface area contributed by atoms with Crippen molar-refractivity contribution in [1.82, 2.24) is 0 Å². The van der Waals surface area contributed by atoms with Crippen LogP contribution in [0.2, 0.25) is 0 Å². The van der Waals surface area contributed by atoms with Crippen molar-refractivity contribution in [2.75, 3.05) is 4.90 Å². The largest absolute Gasteiger partial charge is 0.456 e. The van der Waals surface area contributed by atoms with Gasteiger partial charge in [0.2, 0.25) is 0 Å². The molecule has 0 aliphatic rings. The number of hydrogen-bond donors (Lipinski definition) is 0. The van der Waals surface area contributed by atoms with Gasteiger partial charge in [0.25, 0.3) is 0 Å². The van der Waals surface area contributed by atoms with E-state index in [1.807, 2.05) is 42.5 Å². The molecule has 14 rings (SSSR count). The maximum Gasteiger partial charge on any atom is 0.136 e. The maximum atomic E-state index is 6.67. The standard InChI is InChI=1S/C62H41NO4/c1-34(2)37-13-17-45(18-14-37)63(46-19-15-41-28-48-57(32-43(41)25-46)65-52-22-21-51-59(60(48)52)36(4)55(64-51)30-38-10-6-5-9-35(38)3)47-20-16-42-29-50-58(33-44(42)26-47)67-54-24-23-53-61(62(50)54)49-27-39-11-7-8-12-40(39)31-56(49)66-53/h5-34H,3H2,1-2,4H3/b38-30-. The molecule has 318 valence electrons. The van der Waals surface area contributed by atoms with Crippen LogP contribution in [0, 0.1) is 6.92 Å². The maximum absolute atomic E-state index is 6.67. The zero-order valence-electron chi connectivity index (χ0n) is 37.1. The van der Waals surface area contributed by atoms with Gasteiger partial charge in [0, 0.05) is 60.3 Å². The Kier molecular flexibility index (Phi) is 7.89. The van der Waals surface area contributed by atoms with Gasteiger partial charge in [-0.3, -0.25) is 0 Å². The molecule has 0 unspecified atom stereocenters. The van der Waals surface area contributed by atoms with Gasteiger partial charge in [0.05, 0.1) is 0 Å². The van der Waals surface area contributed by atoms with E-state index in [9.17, 15) is 0 Å². The van der Waals surface area contributed by atoms with Gasteiger partial charge in [-0.15, -0.1) is 0 Å². The van der Waals surface area contributed by atoms with E-state index < -0.39 is 0 Å². The predicted octanol–water partition coefficient (Wildman–Crippen LogP) is 16.7. The van der Waals surface area contributed by atoms with Crippen molar-refractivity contribution < 1.29 is 17.7 Å². The summed E-state index contributed by atoms with van der Waals surface area (Å²) in [5.41, 5.74) is 11.5. The Hall–Kier alpha value is -8.54. The highest BCUT2D eigenvalue weighted by molar-refractivity contribution is 6.28. The van der Waals surface area contributed by atoms with Crippen molar-refractivity contribution in [2.24, 2.45) is 0 Å². The predicted molar refractivity (Wildman–Crippen MR) is 279 cm³/mol. The molecular weight excluding hydrogens is 823 g/mol. The number of fused-ring (bicyclic) bond motifs is 15. The first kappa shape index (κ1) is 37.8. The molecule has 0 spiro atoms. The van der Waals surface area contributed by atoms with Gasteiger partial charge in [-0.05, 0) is 164 Å². The fraction of sp³-hybridized carbons (Fsp3) is 0.0645. The Morgan fingerprint density at radius 3 is 1.40 bits per heavy atom. The number of benzene rings is 10. The van der Waals surface area contributed by atoms with Crippen LogP contribution < -0.4 is 15.3 Å². The smallest absolute Gasteiger partial charge is 0.136 e. The van der Waals surface area contributed by atoms with E-state index in [2.05, 4.69) is 166 Å². The van der Waals surface area contributed by atoms with Crippen molar-refractivity contribution in [2.45, 2.75) is 26.7 Å². The molecule has 5 nitrogen and oxygen atoms in total. The number of aryl methyl sites for hydroxylation is 1. The summed E-state index contributed by atoms with van der Waals surface area (Å²) in [5, 5.41) is 16.3. The van der Waals surface area contributed by atoms with Crippen LogP contribution in [0.1, 0.15) is 36.7 Å². The van der Waals surface area contributed by atoms with Crippen LogP contribution >= 0.6 is 0 Å². The van der Waals surface area contributed by atoms with Crippen LogP contribution in [0.3, 0.4) is 0 Å². The Balaban J connectivity index is 0.912. The molecule has 67 heavy (non-hydrogen) atoms. The van der Waals surface area contributed by atoms with Gasteiger partial charge >= 0.3 is 0 Å². The zero-order chi connectivity index (χ0) is 44.7. The van der Waals surface area contributed by atoms with Crippen LogP contribution in [0.25, 0.3) is 122 Å². The van der Waals surface area contributed by atoms with Crippen molar-refractivity contribution in [3.05, 3.63) is 197 Å². The number of furan rings is 4. The fourth-order valence-corrected chi connectivity index (χ4v) is 10.6.